The van der Waals surface area contributed by atoms with E-state index in [1.54, 1.807) is 17.8 Å². The van der Waals surface area contributed by atoms with Gasteiger partial charge in [-0.3, -0.25) is 0 Å². The van der Waals surface area contributed by atoms with Crippen LogP contribution in [-0.4, -0.2) is 32.5 Å². The summed E-state index contributed by atoms with van der Waals surface area (Å²) in [5.74, 6) is 0.662. The monoisotopic (exact) mass is 318 g/mol. The average molecular weight is 318 g/mol. The van der Waals surface area contributed by atoms with E-state index in [1.807, 2.05) is 6.26 Å². The first-order valence-corrected chi connectivity index (χ1v) is 9.63. The van der Waals surface area contributed by atoms with Crippen molar-refractivity contribution in [3.63, 3.8) is 0 Å². The molecule has 5 nitrogen and oxygen atoms in total. The molecule has 0 aromatic carbocycles. The third-order valence-corrected chi connectivity index (χ3v) is 5.66. The molecule has 2 N–H and O–H groups in total. The maximum Gasteiger partial charge on any atom is 0.273 e. The van der Waals surface area contributed by atoms with Crippen molar-refractivity contribution in [2.24, 2.45) is 0 Å². The summed E-state index contributed by atoms with van der Waals surface area (Å²) in [5.41, 5.74) is 0. The molecule has 2 rings (SSSR count). The highest BCUT2D eigenvalue weighted by Crippen LogP contribution is 2.20. The van der Waals surface area contributed by atoms with E-state index in [-0.39, 0.29) is 5.09 Å². The molecule has 114 valence electrons. The third-order valence-electron chi connectivity index (χ3n) is 3.29. The van der Waals surface area contributed by atoms with E-state index in [9.17, 15) is 8.42 Å². The van der Waals surface area contributed by atoms with Crippen LogP contribution in [0.2, 0.25) is 0 Å². The topological polar surface area (TPSA) is 71.3 Å². The summed E-state index contributed by atoms with van der Waals surface area (Å²) in [6.07, 6.45) is 5.21. The molecular weight excluding hydrogens is 296 g/mol. The number of furan rings is 1. The fourth-order valence-corrected chi connectivity index (χ4v) is 3.06. The molecule has 7 heteroatoms. The smallest absolute Gasteiger partial charge is 0.273 e. The van der Waals surface area contributed by atoms with Gasteiger partial charge in [-0.1, -0.05) is 6.92 Å². The van der Waals surface area contributed by atoms with E-state index in [1.165, 1.54) is 18.9 Å². The predicted octanol–water partition coefficient (Wildman–Crippen LogP) is 1.95. The molecule has 0 saturated heterocycles. The Morgan fingerprint density at radius 3 is 2.85 bits per heavy atom. The minimum Gasteiger partial charge on any atom is -0.447 e. The molecule has 1 saturated carbocycles. The Morgan fingerprint density at radius 1 is 1.45 bits per heavy atom. The molecule has 0 aliphatic heterocycles. The SMILES string of the molecule is CSC(C)CCNS(=O)(=O)c1ccc(CNC2CC2)o1. The maximum atomic E-state index is 12.0. The van der Waals surface area contributed by atoms with Crippen LogP contribution in [0, 0.1) is 0 Å². The van der Waals surface area contributed by atoms with E-state index in [2.05, 4.69) is 17.0 Å². The third kappa shape index (κ3) is 4.80. The highest BCUT2D eigenvalue weighted by Gasteiger charge is 2.22. The lowest BCUT2D eigenvalue weighted by molar-refractivity contribution is 0.399. The van der Waals surface area contributed by atoms with Gasteiger partial charge in [-0.15, -0.1) is 0 Å². The zero-order valence-electron chi connectivity index (χ0n) is 11.9. The van der Waals surface area contributed by atoms with Crippen molar-refractivity contribution in [3.8, 4) is 0 Å². The molecular formula is C13H22N2O3S2. The highest BCUT2D eigenvalue weighted by atomic mass is 32.2. The van der Waals surface area contributed by atoms with E-state index in [0.717, 1.165) is 6.42 Å². The van der Waals surface area contributed by atoms with E-state index >= 15 is 0 Å². The first kappa shape index (κ1) is 15.9. The molecule has 1 aromatic heterocycles. The zero-order chi connectivity index (χ0) is 14.6. The van der Waals surface area contributed by atoms with Crippen LogP contribution in [0.25, 0.3) is 0 Å². The van der Waals surface area contributed by atoms with Crippen molar-refractivity contribution in [2.45, 2.75) is 49.1 Å². The van der Waals surface area contributed by atoms with Gasteiger partial charge in [-0.2, -0.15) is 11.8 Å². The van der Waals surface area contributed by atoms with Crippen molar-refractivity contribution < 1.29 is 12.8 Å². The molecule has 1 aliphatic rings. The number of nitrogens with one attached hydrogen (secondary N) is 2. The van der Waals surface area contributed by atoms with Crippen LogP contribution in [0.15, 0.2) is 21.6 Å². The van der Waals surface area contributed by atoms with Gasteiger partial charge in [0.15, 0.2) is 0 Å². The van der Waals surface area contributed by atoms with Gasteiger partial charge in [0.2, 0.25) is 5.09 Å². The Balaban J connectivity index is 1.84. The standard InChI is InChI=1S/C13H22N2O3S2/c1-10(19-2)7-8-15-20(16,17)13-6-5-12(18-13)9-14-11-3-4-11/h5-6,10-11,14-15H,3-4,7-9H2,1-2H3. The van der Waals surface area contributed by atoms with Crippen LogP contribution < -0.4 is 10.0 Å². The molecule has 0 amide bonds. The largest absolute Gasteiger partial charge is 0.447 e. The number of rotatable bonds is 9. The maximum absolute atomic E-state index is 12.0. The normalized spacial score (nSPS) is 17.3. The molecule has 1 aromatic rings. The first-order chi connectivity index (χ1) is 9.51. The summed E-state index contributed by atoms with van der Waals surface area (Å²) in [5, 5.41) is 3.73. The molecule has 0 bridgehead atoms. The second-order valence-electron chi connectivity index (χ2n) is 5.11. The van der Waals surface area contributed by atoms with E-state index < -0.39 is 10.0 Å². The van der Waals surface area contributed by atoms with Crippen molar-refractivity contribution in [1.82, 2.24) is 10.0 Å². The molecule has 0 spiro atoms. The molecule has 1 fully saturated rings. The lowest BCUT2D eigenvalue weighted by atomic mass is 10.3. The van der Waals surface area contributed by atoms with Gasteiger partial charge < -0.3 is 9.73 Å². The lowest BCUT2D eigenvalue weighted by Crippen LogP contribution is -2.26. The Morgan fingerprint density at radius 2 is 2.20 bits per heavy atom. The molecule has 0 radical (unpaired) electrons. The minimum atomic E-state index is -3.52. The quantitative estimate of drug-likeness (QED) is 0.728. The highest BCUT2D eigenvalue weighted by molar-refractivity contribution is 7.99. The van der Waals surface area contributed by atoms with E-state index in [0.29, 0.717) is 30.1 Å². The van der Waals surface area contributed by atoms with Crippen molar-refractivity contribution in [1.29, 1.82) is 0 Å². The van der Waals surface area contributed by atoms with Gasteiger partial charge in [0.1, 0.15) is 5.76 Å². The Bertz CT molecular complexity index is 523. The Kier molecular flexibility index (Phi) is 5.54. The van der Waals surface area contributed by atoms with Crippen LogP contribution in [0.3, 0.4) is 0 Å². The number of sulfonamides is 1. The van der Waals surface area contributed by atoms with Gasteiger partial charge in [-0.05, 0) is 37.7 Å². The zero-order valence-corrected chi connectivity index (χ0v) is 13.5. The Hall–Kier alpha value is -0.500. The molecule has 1 atom stereocenters. The fraction of sp³-hybridized carbons (Fsp3) is 0.692. The van der Waals surface area contributed by atoms with Gasteiger partial charge in [0.25, 0.3) is 10.0 Å². The fourth-order valence-electron chi connectivity index (χ4n) is 1.72. The summed E-state index contributed by atoms with van der Waals surface area (Å²) in [7, 11) is -3.52. The van der Waals surface area contributed by atoms with Crippen LogP contribution in [0.4, 0.5) is 0 Å². The van der Waals surface area contributed by atoms with Crippen LogP contribution in [0.5, 0.6) is 0 Å². The van der Waals surface area contributed by atoms with Crippen LogP contribution in [0.1, 0.15) is 31.9 Å². The molecule has 1 heterocycles. The summed E-state index contributed by atoms with van der Waals surface area (Å²) in [6, 6.07) is 3.81. The van der Waals surface area contributed by atoms with Gasteiger partial charge in [-0.25, -0.2) is 13.1 Å². The summed E-state index contributed by atoms with van der Waals surface area (Å²) in [6.45, 7) is 3.10. The first-order valence-electron chi connectivity index (χ1n) is 6.86. The van der Waals surface area contributed by atoms with Gasteiger partial charge in [0, 0.05) is 17.8 Å². The van der Waals surface area contributed by atoms with Crippen LogP contribution >= 0.6 is 11.8 Å². The molecule has 1 unspecified atom stereocenters. The number of hydrogen-bond acceptors (Lipinski definition) is 5. The molecule has 1 aliphatic carbocycles. The van der Waals surface area contributed by atoms with Gasteiger partial charge in [0.05, 0.1) is 6.54 Å². The van der Waals surface area contributed by atoms with Crippen molar-refractivity contribution in [3.05, 3.63) is 17.9 Å². The lowest BCUT2D eigenvalue weighted by Gasteiger charge is -2.08. The predicted molar refractivity (Wildman–Crippen MR) is 81.4 cm³/mol. The average Bonchev–Trinajstić information content (AvgIpc) is 3.12. The second kappa shape index (κ2) is 6.98. The Labute approximate surface area is 124 Å². The van der Waals surface area contributed by atoms with Gasteiger partial charge >= 0.3 is 0 Å². The van der Waals surface area contributed by atoms with Crippen LogP contribution in [-0.2, 0) is 16.6 Å². The minimum absolute atomic E-state index is 0.00176. The van der Waals surface area contributed by atoms with E-state index in [4.69, 9.17) is 4.42 Å². The number of hydrogen-bond donors (Lipinski definition) is 2. The summed E-state index contributed by atoms with van der Waals surface area (Å²) >= 11 is 1.72. The second-order valence-corrected chi connectivity index (χ2v) is 8.08. The van der Waals surface area contributed by atoms with Crippen molar-refractivity contribution >= 4 is 21.8 Å². The summed E-state index contributed by atoms with van der Waals surface area (Å²) in [4.78, 5) is 0. The number of thioether (sulfide) groups is 1. The summed E-state index contributed by atoms with van der Waals surface area (Å²) < 4.78 is 32.0. The molecule has 20 heavy (non-hydrogen) atoms. The van der Waals surface area contributed by atoms with Crippen molar-refractivity contribution in [2.75, 3.05) is 12.8 Å².